The highest BCUT2D eigenvalue weighted by Crippen LogP contribution is 2.12. The number of rotatable bonds is 2. The minimum absolute atomic E-state index is 0.0223. The van der Waals surface area contributed by atoms with E-state index in [9.17, 15) is 9.59 Å². The molecule has 2 amide bonds. The molecule has 1 aromatic carbocycles. The number of amides is 2. The fourth-order valence-corrected chi connectivity index (χ4v) is 2.85. The van der Waals surface area contributed by atoms with E-state index in [1.54, 1.807) is 27.6 Å². The third kappa shape index (κ3) is 3.11. The van der Waals surface area contributed by atoms with Crippen LogP contribution in [-0.2, 0) is 7.05 Å². The third-order valence-electron chi connectivity index (χ3n) is 4.10. The largest absolute Gasteiger partial charge is 0.335 e. The second-order valence-electron chi connectivity index (χ2n) is 5.74. The Morgan fingerprint density at radius 3 is 2.04 bits per heavy atom. The molecule has 0 spiro atoms. The van der Waals surface area contributed by atoms with E-state index in [2.05, 4.69) is 5.10 Å². The van der Waals surface area contributed by atoms with Crippen LogP contribution in [0.3, 0.4) is 0 Å². The Bertz CT molecular complexity index is 715. The zero-order chi connectivity index (χ0) is 16.4. The average Bonchev–Trinajstić information content (AvgIpc) is 2.93. The summed E-state index contributed by atoms with van der Waals surface area (Å²) < 4.78 is 1.61. The lowest BCUT2D eigenvalue weighted by atomic mass is 10.2. The maximum absolute atomic E-state index is 12.5. The Hall–Kier alpha value is -2.63. The Morgan fingerprint density at radius 1 is 0.957 bits per heavy atom. The lowest BCUT2D eigenvalue weighted by molar-refractivity contribution is 0.0529. The fraction of sp³-hybridized carbons (Fsp3) is 0.353. The van der Waals surface area contributed by atoms with Crippen LogP contribution in [0.15, 0.2) is 36.4 Å². The molecule has 1 fully saturated rings. The Kier molecular flexibility index (Phi) is 4.14. The normalized spacial score (nSPS) is 14.9. The second-order valence-corrected chi connectivity index (χ2v) is 5.74. The molecule has 0 saturated carbocycles. The highest BCUT2D eigenvalue weighted by atomic mass is 16.2. The van der Waals surface area contributed by atoms with Crippen molar-refractivity contribution < 1.29 is 9.59 Å². The van der Waals surface area contributed by atoms with Gasteiger partial charge in [-0.1, -0.05) is 18.2 Å². The molecule has 1 aliphatic heterocycles. The van der Waals surface area contributed by atoms with E-state index in [4.69, 9.17) is 0 Å². The molecule has 0 bridgehead atoms. The fourth-order valence-electron chi connectivity index (χ4n) is 2.85. The Balaban J connectivity index is 1.63. The van der Waals surface area contributed by atoms with Gasteiger partial charge in [-0.2, -0.15) is 5.10 Å². The van der Waals surface area contributed by atoms with Crippen LogP contribution in [0.5, 0.6) is 0 Å². The van der Waals surface area contributed by atoms with Gasteiger partial charge < -0.3 is 9.80 Å². The van der Waals surface area contributed by atoms with Crippen molar-refractivity contribution in [1.29, 1.82) is 0 Å². The minimum atomic E-state index is -0.0279. The minimum Gasteiger partial charge on any atom is -0.335 e. The molecule has 1 aliphatic rings. The van der Waals surface area contributed by atoms with Crippen LogP contribution in [0.4, 0.5) is 0 Å². The van der Waals surface area contributed by atoms with E-state index in [0.717, 1.165) is 5.69 Å². The molecular weight excluding hydrogens is 292 g/mol. The Morgan fingerprint density at radius 2 is 1.52 bits per heavy atom. The van der Waals surface area contributed by atoms with E-state index in [1.807, 2.05) is 37.3 Å². The van der Waals surface area contributed by atoms with Crippen molar-refractivity contribution in [1.82, 2.24) is 19.6 Å². The number of aromatic nitrogens is 2. The number of carbonyl (C=O) groups is 2. The van der Waals surface area contributed by atoms with Crippen LogP contribution in [0.1, 0.15) is 26.5 Å². The number of hydrogen-bond acceptors (Lipinski definition) is 3. The highest BCUT2D eigenvalue weighted by Gasteiger charge is 2.26. The first kappa shape index (κ1) is 15.3. The van der Waals surface area contributed by atoms with Crippen molar-refractivity contribution in [3.05, 3.63) is 53.3 Å². The van der Waals surface area contributed by atoms with Gasteiger partial charge in [0, 0.05) is 38.8 Å². The standard InChI is InChI=1S/C17H20N4O2/c1-13-12-15(19(2)18-13)17(23)21-10-8-20(9-11-21)16(22)14-6-4-3-5-7-14/h3-7,12H,8-11H2,1-2H3. The van der Waals surface area contributed by atoms with Crippen LogP contribution in [-0.4, -0.2) is 57.6 Å². The molecule has 0 radical (unpaired) electrons. The van der Waals surface area contributed by atoms with Gasteiger partial charge in [-0.25, -0.2) is 0 Å². The summed E-state index contributed by atoms with van der Waals surface area (Å²) in [5.74, 6) is -0.00557. The second kappa shape index (κ2) is 6.24. The van der Waals surface area contributed by atoms with Crippen LogP contribution < -0.4 is 0 Å². The zero-order valence-electron chi connectivity index (χ0n) is 13.4. The van der Waals surface area contributed by atoms with Crippen LogP contribution in [0.2, 0.25) is 0 Å². The van der Waals surface area contributed by atoms with Crippen molar-refractivity contribution in [3.8, 4) is 0 Å². The molecule has 1 saturated heterocycles. The molecule has 23 heavy (non-hydrogen) atoms. The predicted octanol–water partition coefficient (Wildman–Crippen LogP) is 1.33. The zero-order valence-corrected chi connectivity index (χ0v) is 13.4. The van der Waals surface area contributed by atoms with E-state index in [1.165, 1.54) is 0 Å². The van der Waals surface area contributed by atoms with Gasteiger partial charge in [-0.3, -0.25) is 14.3 Å². The molecule has 2 heterocycles. The van der Waals surface area contributed by atoms with E-state index in [0.29, 0.717) is 37.4 Å². The number of piperazine rings is 1. The molecule has 0 atom stereocenters. The van der Waals surface area contributed by atoms with Crippen molar-refractivity contribution >= 4 is 11.8 Å². The number of carbonyl (C=O) groups excluding carboxylic acids is 2. The number of aryl methyl sites for hydroxylation is 2. The van der Waals surface area contributed by atoms with Crippen molar-refractivity contribution in [3.63, 3.8) is 0 Å². The van der Waals surface area contributed by atoms with Gasteiger partial charge in [0.15, 0.2) is 0 Å². The smallest absolute Gasteiger partial charge is 0.272 e. The molecule has 6 nitrogen and oxygen atoms in total. The van der Waals surface area contributed by atoms with Gasteiger partial charge in [0.2, 0.25) is 0 Å². The first-order valence-corrected chi connectivity index (χ1v) is 7.70. The average molecular weight is 312 g/mol. The van der Waals surface area contributed by atoms with Crippen molar-refractivity contribution in [2.75, 3.05) is 26.2 Å². The van der Waals surface area contributed by atoms with Gasteiger partial charge in [0.05, 0.1) is 5.69 Å². The summed E-state index contributed by atoms with van der Waals surface area (Å²) >= 11 is 0. The van der Waals surface area contributed by atoms with Gasteiger partial charge >= 0.3 is 0 Å². The molecule has 3 rings (SSSR count). The van der Waals surface area contributed by atoms with E-state index < -0.39 is 0 Å². The highest BCUT2D eigenvalue weighted by molar-refractivity contribution is 5.95. The topological polar surface area (TPSA) is 58.4 Å². The third-order valence-corrected chi connectivity index (χ3v) is 4.10. The van der Waals surface area contributed by atoms with E-state index >= 15 is 0 Å². The van der Waals surface area contributed by atoms with Crippen LogP contribution >= 0.6 is 0 Å². The summed E-state index contributed by atoms with van der Waals surface area (Å²) in [7, 11) is 1.77. The molecule has 0 N–H and O–H groups in total. The summed E-state index contributed by atoms with van der Waals surface area (Å²) in [5.41, 5.74) is 2.11. The van der Waals surface area contributed by atoms with Gasteiger partial charge in [0.25, 0.3) is 11.8 Å². The molecule has 1 aromatic heterocycles. The van der Waals surface area contributed by atoms with Gasteiger partial charge in [0.1, 0.15) is 5.69 Å². The molecular formula is C17H20N4O2. The quantitative estimate of drug-likeness (QED) is 0.840. The number of hydrogen-bond donors (Lipinski definition) is 0. The first-order chi connectivity index (χ1) is 11.1. The predicted molar refractivity (Wildman–Crippen MR) is 86.2 cm³/mol. The number of nitrogens with zero attached hydrogens (tertiary/aromatic N) is 4. The van der Waals surface area contributed by atoms with Gasteiger partial charge in [-0.05, 0) is 25.1 Å². The van der Waals surface area contributed by atoms with E-state index in [-0.39, 0.29) is 11.8 Å². The summed E-state index contributed by atoms with van der Waals surface area (Å²) in [6.07, 6.45) is 0. The summed E-state index contributed by atoms with van der Waals surface area (Å²) in [6, 6.07) is 11.0. The van der Waals surface area contributed by atoms with Gasteiger partial charge in [-0.15, -0.1) is 0 Å². The molecule has 120 valence electrons. The summed E-state index contributed by atoms with van der Waals surface area (Å²) in [4.78, 5) is 28.5. The molecule has 0 aliphatic carbocycles. The van der Waals surface area contributed by atoms with Crippen molar-refractivity contribution in [2.45, 2.75) is 6.92 Å². The monoisotopic (exact) mass is 312 g/mol. The summed E-state index contributed by atoms with van der Waals surface area (Å²) in [6.45, 7) is 4.06. The molecule has 6 heteroatoms. The van der Waals surface area contributed by atoms with Crippen LogP contribution in [0.25, 0.3) is 0 Å². The SMILES string of the molecule is Cc1cc(C(=O)N2CCN(C(=O)c3ccccc3)CC2)n(C)n1. The van der Waals surface area contributed by atoms with Crippen LogP contribution in [0, 0.1) is 6.92 Å². The molecule has 2 aromatic rings. The Labute approximate surface area is 135 Å². The molecule has 0 unspecified atom stereocenters. The number of benzene rings is 1. The van der Waals surface area contributed by atoms with Crippen molar-refractivity contribution in [2.24, 2.45) is 7.05 Å². The first-order valence-electron chi connectivity index (χ1n) is 7.70. The lowest BCUT2D eigenvalue weighted by Gasteiger charge is -2.34. The maximum atomic E-state index is 12.5. The summed E-state index contributed by atoms with van der Waals surface area (Å²) in [5, 5.41) is 4.21. The maximum Gasteiger partial charge on any atom is 0.272 e. The lowest BCUT2D eigenvalue weighted by Crippen LogP contribution is -2.50.